The number of carbonyl (C=O) groups excluding carboxylic acids is 1. The van der Waals surface area contributed by atoms with Gasteiger partial charge in [-0.1, -0.05) is 18.2 Å². The van der Waals surface area contributed by atoms with Crippen molar-refractivity contribution in [2.24, 2.45) is 0 Å². The topological polar surface area (TPSA) is 76.8 Å². The van der Waals surface area contributed by atoms with E-state index < -0.39 is 0 Å². The lowest BCUT2D eigenvalue weighted by Crippen LogP contribution is -2.43. The minimum atomic E-state index is -0.328. The van der Waals surface area contributed by atoms with Gasteiger partial charge in [0, 0.05) is 23.3 Å². The second-order valence-electron chi connectivity index (χ2n) is 8.67. The quantitative estimate of drug-likeness (QED) is 0.623. The first-order chi connectivity index (χ1) is 14.8. The summed E-state index contributed by atoms with van der Waals surface area (Å²) in [6, 6.07) is 12.1. The molecule has 0 radical (unpaired) electrons. The number of benzene rings is 2. The van der Waals surface area contributed by atoms with E-state index in [1.54, 1.807) is 14.2 Å². The molecule has 2 unspecified atom stereocenters. The maximum Gasteiger partial charge on any atom is 0.228 e. The van der Waals surface area contributed by atoms with E-state index in [0.717, 1.165) is 29.7 Å². The number of methoxy groups -OCH3 is 2. The first kappa shape index (κ1) is 22.9. The van der Waals surface area contributed by atoms with Crippen molar-refractivity contribution in [1.29, 1.82) is 0 Å². The number of amides is 1. The molecule has 2 atom stereocenters. The van der Waals surface area contributed by atoms with Crippen LogP contribution in [0.5, 0.6) is 11.5 Å². The second-order valence-corrected chi connectivity index (χ2v) is 8.67. The third-order valence-electron chi connectivity index (χ3n) is 6.19. The monoisotopic (exact) mass is 425 g/mol. The summed E-state index contributed by atoms with van der Waals surface area (Å²) in [4.78, 5) is 15.7. The summed E-state index contributed by atoms with van der Waals surface area (Å²) in [6.07, 6.45) is 0.724. The molecule has 1 aliphatic heterocycles. The molecule has 0 fully saturated rings. The SMILES string of the molecule is COc1cc2c(cc1OC)C(c1ccccc1N)NC(=O)C2CCN(C(C)C)C(C)C. The number of nitrogen functional groups attached to an aromatic ring is 1. The number of nitrogens with two attached hydrogens (primary N) is 1. The largest absolute Gasteiger partial charge is 0.493 e. The van der Waals surface area contributed by atoms with E-state index in [1.807, 2.05) is 36.4 Å². The van der Waals surface area contributed by atoms with Crippen LogP contribution < -0.4 is 20.5 Å². The maximum absolute atomic E-state index is 13.3. The Morgan fingerprint density at radius 2 is 1.55 bits per heavy atom. The Kier molecular flexibility index (Phi) is 7.11. The van der Waals surface area contributed by atoms with Gasteiger partial charge in [-0.05, 0) is 70.0 Å². The number of rotatable bonds is 8. The number of para-hydroxylation sites is 1. The molecule has 3 rings (SSSR count). The van der Waals surface area contributed by atoms with Crippen LogP contribution in [0.2, 0.25) is 0 Å². The highest BCUT2D eigenvalue weighted by Gasteiger charge is 2.36. The van der Waals surface area contributed by atoms with Gasteiger partial charge in [0.05, 0.1) is 26.2 Å². The van der Waals surface area contributed by atoms with Crippen molar-refractivity contribution in [3.05, 3.63) is 53.1 Å². The fourth-order valence-corrected chi connectivity index (χ4v) is 4.62. The second kappa shape index (κ2) is 9.60. The molecular weight excluding hydrogens is 390 g/mol. The Hall–Kier alpha value is -2.73. The Morgan fingerprint density at radius 3 is 2.10 bits per heavy atom. The van der Waals surface area contributed by atoms with E-state index in [4.69, 9.17) is 15.2 Å². The minimum absolute atomic E-state index is 0.0143. The molecule has 6 nitrogen and oxygen atoms in total. The van der Waals surface area contributed by atoms with Gasteiger partial charge in [-0.3, -0.25) is 9.69 Å². The van der Waals surface area contributed by atoms with Gasteiger partial charge >= 0.3 is 0 Å². The summed E-state index contributed by atoms with van der Waals surface area (Å²) >= 11 is 0. The zero-order chi connectivity index (χ0) is 22.7. The van der Waals surface area contributed by atoms with E-state index in [0.29, 0.717) is 29.3 Å². The van der Waals surface area contributed by atoms with Crippen LogP contribution in [0.15, 0.2) is 36.4 Å². The van der Waals surface area contributed by atoms with Crippen molar-refractivity contribution >= 4 is 11.6 Å². The number of hydrogen-bond donors (Lipinski definition) is 2. The molecule has 0 spiro atoms. The van der Waals surface area contributed by atoms with E-state index >= 15 is 0 Å². The van der Waals surface area contributed by atoms with Gasteiger partial charge in [0.25, 0.3) is 0 Å². The van der Waals surface area contributed by atoms with Gasteiger partial charge in [0.2, 0.25) is 5.91 Å². The van der Waals surface area contributed by atoms with Crippen molar-refractivity contribution < 1.29 is 14.3 Å². The molecule has 1 heterocycles. The predicted molar refractivity (Wildman–Crippen MR) is 125 cm³/mol. The molecule has 3 N–H and O–H groups in total. The maximum atomic E-state index is 13.3. The van der Waals surface area contributed by atoms with Crippen LogP contribution in [-0.4, -0.2) is 43.7 Å². The average Bonchev–Trinajstić information content (AvgIpc) is 2.74. The molecule has 2 aromatic carbocycles. The van der Waals surface area contributed by atoms with Gasteiger partial charge in [-0.15, -0.1) is 0 Å². The standard InChI is InChI=1S/C25H35N3O3/c1-15(2)28(16(3)4)12-11-17-19-13-22(30-5)23(31-6)14-20(19)24(27-25(17)29)18-9-7-8-10-21(18)26/h7-10,13-17,24H,11-12,26H2,1-6H3,(H,27,29). The van der Waals surface area contributed by atoms with Crippen molar-refractivity contribution in [1.82, 2.24) is 10.2 Å². The fraction of sp³-hybridized carbons (Fsp3) is 0.480. The highest BCUT2D eigenvalue weighted by molar-refractivity contribution is 5.88. The number of carbonyl (C=O) groups is 1. The lowest BCUT2D eigenvalue weighted by molar-refractivity contribution is -0.124. The molecule has 0 aliphatic carbocycles. The molecule has 1 amide bonds. The summed E-state index contributed by atoms with van der Waals surface area (Å²) in [7, 11) is 3.24. The first-order valence-electron chi connectivity index (χ1n) is 10.9. The molecular formula is C25H35N3O3. The molecule has 6 heteroatoms. The van der Waals surface area contributed by atoms with E-state index in [1.165, 1.54) is 0 Å². The number of ether oxygens (including phenoxy) is 2. The van der Waals surface area contributed by atoms with E-state index in [-0.39, 0.29) is 17.9 Å². The van der Waals surface area contributed by atoms with Gasteiger partial charge < -0.3 is 20.5 Å². The van der Waals surface area contributed by atoms with Crippen LogP contribution in [0.3, 0.4) is 0 Å². The number of nitrogens with one attached hydrogen (secondary N) is 1. The van der Waals surface area contributed by atoms with Gasteiger partial charge in [0.15, 0.2) is 11.5 Å². The number of fused-ring (bicyclic) bond motifs is 1. The third kappa shape index (κ3) is 4.64. The zero-order valence-corrected chi connectivity index (χ0v) is 19.4. The predicted octanol–water partition coefficient (Wildman–Crippen LogP) is 4.10. The smallest absolute Gasteiger partial charge is 0.228 e. The highest BCUT2D eigenvalue weighted by atomic mass is 16.5. The Bertz CT molecular complexity index is 918. The van der Waals surface area contributed by atoms with Crippen LogP contribution in [0.1, 0.15) is 62.8 Å². The van der Waals surface area contributed by atoms with Gasteiger partial charge in [-0.2, -0.15) is 0 Å². The molecule has 1 aliphatic rings. The lowest BCUT2D eigenvalue weighted by Gasteiger charge is -2.36. The number of hydrogen-bond acceptors (Lipinski definition) is 5. The van der Waals surface area contributed by atoms with Crippen molar-refractivity contribution in [3.8, 4) is 11.5 Å². The third-order valence-corrected chi connectivity index (χ3v) is 6.19. The van der Waals surface area contributed by atoms with Gasteiger partial charge in [0.1, 0.15) is 0 Å². The molecule has 0 saturated heterocycles. The molecule has 31 heavy (non-hydrogen) atoms. The first-order valence-corrected chi connectivity index (χ1v) is 10.9. The lowest BCUT2D eigenvalue weighted by atomic mass is 9.81. The van der Waals surface area contributed by atoms with Crippen LogP contribution in [-0.2, 0) is 4.79 Å². The van der Waals surface area contributed by atoms with Crippen molar-refractivity contribution in [3.63, 3.8) is 0 Å². The molecule has 0 saturated carbocycles. The summed E-state index contributed by atoms with van der Waals surface area (Å²) in [5.41, 5.74) is 9.78. The van der Waals surface area contributed by atoms with Crippen molar-refractivity contribution in [2.45, 2.75) is 58.2 Å². The van der Waals surface area contributed by atoms with Gasteiger partial charge in [-0.25, -0.2) is 0 Å². The Balaban J connectivity index is 2.06. The average molecular weight is 426 g/mol. The normalized spacial score (nSPS) is 18.3. The molecule has 2 aromatic rings. The van der Waals surface area contributed by atoms with E-state index in [9.17, 15) is 4.79 Å². The Labute approximate surface area is 185 Å². The molecule has 0 bridgehead atoms. The summed E-state index contributed by atoms with van der Waals surface area (Å²) < 4.78 is 11.1. The Morgan fingerprint density at radius 1 is 0.968 bits per heavy atom. The zero-order valence-electron chi connectivity index (χ0n) is 19.4. The highest BCUT2D eigenvalue weighted by Crippen LogP contribution is 2.43. The van der Waals surface area contributed by atoms with Crippen molar-refractivity contribution in [2.75, 3.05) is 26.5 Å². The summed E-state index contributed by atoms with van der Waals surface area (Å²) in [5, 5.41) is 3.22. The summed E-state index contributed by atoms with van der Waals surface area (Å²) in [6.45, 7) is 9.60. The van der Waals surface area contributed by atoms with E-state index in [2.05, 4.69) is 37.9 Å². The fourth-order valence-electron chi connectivity index (χ4n) is 4.62. The molecule has 0 aromatic heterocycles. The molecule has 168 valence electrons. The van der Waals surface area contributed by atoms with Crippen LogP contribution in [0.4, 0.5) is 5.69 Å². The van der Waals surface area contributed by atoms with Crippen LogP contribution in [0, 0.1) is 0 Å². The number of anilines is 1. The number of nitrogens with zero attached hydrogens (tertiary/aromatic N) is 1. The van der Waals surface area contributed by atoms with Crippen LogP contribution in [0.25, 0.3) is 0 Å². The van der Waals surface area contributed by atoms with Crippen LogP contribution >= 0.6 is 0 Å². The minimum Gasteiger partial charge on any atom is -0.493 e. The summed E-state index contributed by atoms with van der Waals surface area (Å²) in [5.74, 6) is 1.02.